The molecule has 7 heterocycles. The summed E-state index contributed by atoms with van der Waals surface area (Å²) in [5.74, 6) is -0.226. The van der Waals surface area contributed by atoms with E-state index >= 15 is 8.78 Å². The molecule has 3 aliphatic heterocycles. The minimum Gasteiger partial charge on any atom is -0.382 e. The molecule has 0 aliphatic carbocycles. The van der Waals surface area contributed by atoms with Gasteiger partial charge in [-0.05, 0) is 0 Å². The molecule has 3 aliphatic rings. The maximum Gasteiger partial charge on any atom is 0.476 e. The number of fused-ring (bicyclic) bond motifs is 5. The second-order valence-corrected chi connectivity index (χ2v) is 15.6. The second-order valence-electron chi connectivity index (χ2n) is 9.67. The summed E-state index contributed by atoms with van der Waals surface area (Å²) < 4.78 is 66.2. The fourth-order valence-electron chi connectivity index (χ4n) is 4.92. The van der Waals surface area contributed by atoms with Crippen LogP contribution in [0.3, 0.4) is 0 Å². The normalized spacial score (nSPS) is 38.3. The number of nitrogens with zero attached hydrogens (tertiary/aromatic N) is 8. The van der Waals surface area contributed by atoms with E-state index in [4.69, 9.17) is 33.3 Å². The SMILES string of the molecule is Nc1ncnc2c1nnn2[C@@H]1O[C@@H]2CO[P+](O)(S)O[C@@H]3[C@@H](F)[C@@H](CO[P+](O)(S)O[C@H]2[C@@H]1F)O[C@@H]3c1nc2n[nH]nc2c(=O)[nH]1. The second kappa shape index (κ2) is 11.2. The Labute approximate surface area is 253 Å². The van der Waals surface area contributed by atoms with Crippen molar-refractivity contribution in [1.29, 1.82) is 0 Å². The van der Waals surface area contributed by atoms with Crippen molar-refractivity contribution in [2.24, 2.45) is 0 Å². The van der Waals surface area contributed by atoms with Crippen molar-refractivity contribution in [2.75, 3.05) is 18.9 Å². The van der Waals surface area contributed by atoms with Crippen LogP contribution in [0.2, 0.25) is 0 Å². The third-order valence-electron chi connectivity index (χ3n) is 6.90. The standard InChI is InChI=1S/C18H20F2N11O9P2S2/c19-6-4-1-35-41(33,43)39-10-5(38-18(7(10)20)31-16-8(27-30-31)13(21)22-3-23-16)2-36-42(34,44)40-11(6)12(37-4)15-24-14-9(17(32)25-15)26-29-28-14/h3-7,10-12,18,33-34,43-44H,1-2H2,(H3-,21,22,23,24,25,26,27,28,29,30,32)/q+1/p+1/t4-,5-,6+,7+,10-,11-,12+,18-,41?,42?/m1/s1. The number of hydrogen-bond donors (Lipinski definition) is 7. The summed E-state index contributed by atoms with van der Waals surface area (Å²) in [6, 6.07) is 0. The molecule has 3 fully saturated rings. The van der Waals surface area contributed by atoms with Gasteiger partial charge in [0.05, 0.1) is 24.5 Å². The smallest absolute Gasteiger partial charge is 0.382 e. The number of hydrogen-bond acceptors (Lipinski definition) is 19. The summed E-state index contributed by atoms with van der Waals surface area (Å²) in [4.78, 5) is 48.8. The Balaban J connectivity index is 1.19. The van der Waals surface area contributed by atoms with Crippen LogP contribution in [-0.4, -0.2) is 110 Å². The number of alkyl halides is 2. The zero-order chi connectivity index (χ0) is 31.0. The van der Waals surface area contributed by atoms with Gasteiger partial charge in [0.25, 0.3) is 5.56 Å². The van der Waals surface area contributed by atoms with Gasteiger partial charge in [0.15, 0.2) is 53.3 Å². The summed E-state index contributed by atoms with van der Waals surface area (Å²) in [5.41, 5.74) is 5.00. The van der Waals surface area contributed by atoms with E-state index in [0.717, 1.165) is 11.0 Å². The average molecular weight is 700 g/mol. The first-order chi connectivity index (χ1) is 20.9. The molecule has 0 saturated carbocycles. The molecule has 4 aromatic rings. The third kappa shape index (κ3) is 5.41. The van der Waals surface area contributed by atoms with Crippen LogP contribution in [0.5, 0.6) is 0 Å². The lowest BCUT2D eigenvalue weighted by molar-refractivity contribution is -0.0537. The molecule has 2 bridgehead atoms. The highest BCUT2D eigenvalue weighted by Gasteiger charge is 2.60. The van der Waals surface area contributed by atoms with Crippen molar-refractivity contribution in [3.8, 4) is 0 Å². The molecule has 0 radical (unpaired) electrons. The van der Waals surface area contributed by atoms with Gasteiger partial charge in [-0.3, -0.25) is 4.79 Å². The number of aromatic nitrogens is 10. The molecule has 236 valence electrons. The zero-order valence-corrected chi connectivity index (χ0v) is 25.1. The van der Waals surface area contributed by atoms with Crippen molar-refractivity contribution < 1.29 is 46.1 Å². The molecule has 2 unspecified atom stereocenters. The van der Waals surface area contributed by atoms with E-state index in [9.17, 15) is 14.6 Å². The van der Waals surface area contributed by atoms with E-state index < -0.39 is 82.2 Å². The lowest BCUT2D eigenvalue weighted by atomic mass is 10.1. The molecule has 7 rings (SSSR count). The van der Waals surface area contributed by atoms with Crippen LogP contribution in [0.25, 0.3) is 22.3 Å². The summed E-state index contributed by atoms with van der Waals surface area (Å²) in [5, 5.41) is 17.4. The molecule has 10 atom stereocenters. The van der Waals surface area contributed by atoms with Crippen LogP contribution in [0.1, 0.15) is 18.2 Å². The molecule has 0 aromatic carbocycles. The minimum absolute atomic E-state index is 0.00973. The van der Waals surface area contributed by atoms with Crippen molar-refractivity contribution in [2.45, 2.75) is 49.1 Å². The third-order valence-corrected chi connectivity index (χ3v) is 10.2. The van der Waals surface area contributed by atoms with Crippen molar-refractivity contribution in [3.63, 3.8) is 0 Å². The van der Waals surface area contributed by atoms with E-state index in [1.54, 1.807) is 0 Å². The molecular formula is C18H21F2N11O9P2S2+2. The van der Waals surface area contributed by atoms with Crippen LogP contribution >= 0.6 is 38.8 Å². The highest BCUT2D eigenvalue weighted by atomic mass is 32.7. The highest BCUT2D eigenvalue weighted by Crippen LogP contribution is 2.67. The Morgan fingerprint density at radius 1 is 1.00 bits per heavy atom. The van der Waals surface area contributed by atoms with Crippen molar-refractivity contribution >= 4 is 66.9 Å². The molecule has 0 spiro atoms. The predicted molar refractivity (Wildman–Crippen MR) is 149 cm³/mol. The summed E-state index contributed by atoms with van der Waals surface area (Å²) in [6.07, 6.45) is -12.1. The lowest BCUT2D eigenvalue weighted by Gasteiger charge is -2.22. The molecule has 20 nitrogen and oxygen atoms in total. The average Bonchev–Trinajstić information content (AvgIpc) is 3.74. The first-order valence-corrected chi connectivity index (χ1v) is 17.9. The number of nitrogens with two attached hydrogens (primary N) is 1. The van der Waals surface area contributed by atoms with Crippen LogP contribution < -0.4 is 11.3 Å². The number of ether oxygens (including phenoxy) is 2. The number of nitrogen functional groups attached to an aromatic ring is 1. The molecule has 26 heteroatoms. The van der Waals surface area contributed by atoms with Crippen LogP contribution in [0.4, 0.5) is 14.6 Å². The van der Waals surface area contributed by atoms with Gasteiger partial charge in [-0.1, -0.05) is 5.21 Å². The quantitative estimate of drug-likeness (QED) is 0.106. The predicted octanol–water partition coefficient (Wildman–Crippen LogP) is -0.112. The van der Waals surface area contributed by atoms with Crippen molar-refractivity contribution in [3.05, 3.63) is 22.5 Å². The first-order valence-electron chi connectivity index (χ1n) is 12.5. The van der Waals surface area contributed by atoms with Gasteiger partial charge in [-0.15, -0.1) is 15.3 Å². The Hall–Kier alpha value is -2.34. The number of halogens is 2. The number of nitrogens with one attached hydrogen (secondary N) is 2. The van der Waals surface area contributed by atoms with E-state index in [0.29, 0.717) is 0 Å². The maximum absolute atomic E-state index is 15.9. The van der Waals surface area contributed by atoms with Gasteiger partial charge in [0, 0.05) is 0 Å². The Morgan fingerprint density at radius 3 is 2.50 bits per heavy atom. The molecular weight excluding hydrogens is 678 g/mol. The maximum atomic E-state index is 15.9. The van der Waals surface area contributed by atoms with Crippen molar-refractivity contribution in [1.82, 2.24) is 50.3 Å². The van der Waals surface area contributed by atoms with Gasteiger partial charge in [-0.25, -0.2) is 23.7 Å². The molecule has 0 amide bonds. The Bertz CT molecular complexity index is 1770. The monoisotopic (exact) mass is 699 g/mol. The molecule has 6 N–H and O–H groups in total. The van der Waals surface area contributed by atoms with Gasteiger partial charge in [-0.2, -0.15) is 37.8 Å². The van der Waals surface area contributed by atoms with Gasteiger partial charge in [0.1, 0.15) is 43.7 Å². The van der Waals surface area contributed by atoms with E-state index in [1.807, 2.05) is 0 Å². The summed E-state index contributed by atoms with van der Waals surface area (Å²) in [7, 11) is -8.45. The molecule has 44 heavy (non-hydrogen) atoms. The van der Waals surface area contributed by atoms with Crippen LogP contribution in [-0.2, 0) is 27.6 Å². The summed E-state index contributed by atoms with van der Waals surface area (Å²) >= 11 is 8.12. The number of rotatable bonds is 2. The largest absolute Gasteiger partial charge is 0.476 e. The highest BCUT2D eigenvalue weighted by molar-refractivity contribution is 8.47. The van der Waals surface area contributed by atoms with Crippen LogP contribution in [0.15, 0.2) is 11.1 Å². The minimum atomic E-state index is -4.24. The number of thiol groups is 2. The number of anilines is 1. The fraction of sp³-hybridized carbons (Fsp3) is 0.556. The summed E-state index contributed by atoms with van der Waals surface area (Å²) in [6.45, 7) is -1.33. The Morgan fingerprint density at radius 2 is 1.73 bits per heavy atom. The van der Waals surface area contributed by atoms with Gasteiger partial charge < -0.3 is 20.2 Å². The number of H-pyrrole nitrogens is 2. The van der Waals surface area contributed by atoms with Crippen LogP contribution in [0, 0.1) is 0 Å². The molecule has 3 saturated heterocycles. The lowest BCUT2D eigenvalue weighted by Crippen LogP contribution is -2.34. The van der Waals surface area contributed by atoms with Gasteiger partial charge >= 0.3 is 14.3 Å². The fourth-order valence-corrected chi connectivity index (χ4v) is 7.89. The van der Waals surface area contributed by atoms with Gasteiger partial charge in [0.2, 0.25) is 5.65 Å². The van der Waals surface area contributed by atoms with E-state index in [1.165, 1.54) is 0 Å². The van der Waals surface area contributed by atoms with E-state index in [-0.39, 0.29) is 34.0 Å². The zero-order valence-electron chi connectivity index (χ0n) is 21.6. The molecule has 4 aromatic heterocycles. The topological polar surface area (TPSA) is 266 Å². The number of aromatic amines is 2. The Kier molecular flexibility index (Phi) is 7.70. The van der Waals surface area contributed by atoms with E-state index in [2.05, 4.69) is 70.2 Å². The first kappa shape index (κ1) is 30.3.